The molecule has 0 atom stereocenters. The molecule has 0 bridgehead atoms. The van der Waals surface area contributed by atoms with Crippen molar-refractivity contribution >= 4 is 5.82 Å². The molecule has 0 spiro atoms. The molecule has 0 radical (unpaired) electrons. The van der Waals surface area contributed by atoms with Gasteiger partial charge in [-0.15, -0.1) is 0 Å². The number of nitrogens with two attached hydrogens (primary N) is 1. The molecule has 0 aliphatic heterocycles. The number of methoxy groups -OCH3 is 1. The van der Waals surface area contributed by atoms with Gasteiger partial charge < -0.3 is 10.5 Å². The Morgan fingerprint density at radius 1 is 1.12 bits per heavy atom. The van der Waals surface area contributed by atoms with Crippen LogP contribution >= 0.6 is 0 Å². The Labute approximate surface area is 100 Å². The van der Waals surface area contributed by atoms with E-state index in [1.807, 2.05) is 19.9 Å². The molecule has 1 aromatic heterocycles. The minimum atomic E-state index is 0.455. The summed E-state index contributed by atoms with van der Waals surface area (Å²) >= 11 is 0. The van der Waals surface area contributed by atoms with Gasteiger partial charge in [-0.25, -0.2) is 9.97 Å². The first-order chi connectivity index (χ1) is 8.11. The number of hydrogen-bond acceptors (Lipinski definition) is 4. The van der Waals surface area contributed by atoms with Crippen LogP contribution in [0.1, 0.15) is 11.1 Å². The Morgan fingerprint density at radius 3 is 2.53 bits per heavy atom. The molecule has 88 valence electrons. The molecule has 4 nitrogen and oxygen atoms in total. The summed E-state index contributed by atoms with van der Waals surface area (Å²) in [7, 11) is 1.66. The van der Waals surface area contributed by atoms with Gasteiger partial charge in [-0.05, 0) is 31.0 Å². The highest BCUT2D eigenvalue weighted by Gasteiger charge is 2.11. The highest BCUT2D eigenvalue weighted by atomic mass is 16.5. The summed E-state index contributed by atoms with van der Waals surface area (Å²) < 4.78 is 5.42. The van der Waals surface area contributed by atoms with Crippen molar-refractivity contribution in [2.75, 3.05) is 12.8 Å². The molecule has 17 heavy (non-hydrogen) atoms. The molecule has 0 amide bonds. The van der Waals surface area contributed by atoms with Crippen molar-refractivity contribution in [3.8, 4) is 17.0 Å². The third kappa shape index (κ3) is 2.20. The molecular formula is C13H15N3O. The largest absolute Gasteiger partial charge is 0.496 e. The summed E-state index contributed by atoms with van der Waals surface area (Å²) in [5.41, 5.74) is 9.64. The van der Waals surface area contributed by atoms with E-state index in [-0.39, 0.29) is 0 Å². The first-order valence-corrected chi connectivity index (χ1v) is 5.35. The van der Waals surface area contributed by atoms with Crippen LogP contribution in [0.15, 0.2) is 24.5 Å². The summed E-state index contributed by atoms with van der Waals surface area (Å²) in [5.74, 6) is 1.28. The normalized spacial score (nSPS) is 10.3. The van der Waals surface area contributed by atoms with Gasteiger partial charge in [0.1, 0.15) is 17.9 Å². The van der Waals surface area contributed by atoms with Crippen molar-refractivity contribution in [3.05, 3.63) is 35.7 Å². The van der Waals surface area contributed by atoms with E-state index < -0.39 is 0 Å². The molecule has 2 rings (SSSR count). The minimum absolute atomic E-state index is 0.455. The third-order valence-corrected chi connectivity index (χ3v) is 2.59. The van der Waals surface area contributed by atoms with Crippen LogP contribution in [0, 0.1) is 13.8 Å². The fourth-order valence-electron chi connectivity index (χ4n) is 1.94. The maximum atomic E-state index is 5.67. The van der Waals surface area contributed by atoms with Crippen molar-refractivity contribution in [3.63, 3.8) is 0 Å². The van der Waals surface area contributed by atoms with Gasteiger partial charge in [-0.1, -0.05) is 6.07 Å². The van der Waals surface area contributed by atoms with Crippen molar-refractivity contribution in [2.45, 2.75) is 13.8 Å². The first kappa shape index (κ1) is 11.4. The Bertz CT molecular complexity index is 552. The molecule has 1 aromatic carbocycles. The van der Waals surface area contributed by atoms with E-state index in [4.69, 9.17) is 10.5 Å². The predicted octanol–water partition coefficient (Wildman–Crippen LogP) is 2.35. The smallest absolute Gasteiger partial charge is 0.131 e. The molecule has 0 aliphatic carbocycles. The molecular weight excluding hydrogens is 214 g/mol. The van der Waals surface area contributed by atoms with Gasteiger partial charge in [0.15, 0.2) is 0 Å². The SMILES string of the molecule is COc1c(C)cc(C)cc1-c1cc(N)ncn1. The van der Waals surface area contributed by atoms with Gasteiger partial charge in [0, 0.05) is 11.6 Å². The summed E-state index contributed by atoms with van der Waals surface area (Å²) in [5, 5.41) is 0. The van der Waals surface area contributed by atoms with Crippen LogP contribution in [0.2, 0.25) is 0 Å². The summed E-state index contributed by atoms with van der Waals surface area (Å²) in [6.45, 7) is 4.06. The number of anilines is 1. The maximum absolute atomic E-state index is 5.67. The Balaban J connectivity index is 2.65. The quantitative estimate of drug-likeness (QED) is 0.858. The number of nitrogens with zero attached hydrogens (tertiary/aromatic N) is 2. The molecule has 4 heteroatoms. The number of ether oxygens (including phenoxy) is 1. The zero-order valence-electron chi connectivity index (χ0n) is 10.2. The van der Waals surface area contributed by atoms with Crippen LogP contribution in [0.25, 0.3) is 11.3 Å². The second-order valence-corrected chi connectivity index (χ2v) is 3.99. The van der Waals surface area contributed by atoms with Gasteiger partial charge in [0.05, 0.1) is 12.8 Å². The van der Waals surface area contributed by atoms with Crippen molar-refractivity contribution in [2.24, 2.45) is 0 Å². The molecule has 0 saturated carbocycles. The van der Waals surface area contributed by atoms with E-state index in [9.17, 15) is 0 Å². The number of hydrogen-bond donors (Lipinski definition) is 1. The Morgan fingerprint density at radius 2 is 1.88 bits per heavy atom. The molecule has 0 fully saturated rings. The topological polar surface area (TPSA) is 61.0 Å². The first-order valence-electron chi connectivity index (χ1n) is 5.35. The molecule has 0 aliphatic rings. The average Bonchev–Trinajstić information content (AvgIpc) is 2.28. The van der Waals surface area contributed by atoms with E-state index in [2.05, 4.69) is 16.0 Å². The minimum Gasteiger partial charge on any atom is -0.496 e. The monoisotopic (exact) mass is 229 g/mol. The zero-order chi connectivity index (χ0) is 12.4. The van der Waals surface area contributed by atoms with Crippen LogP contribution in [0.5, 0.6) is 5.75 Å². The predicted molar refractivity (Wildman–Crippen MR) is 67.9 cm³/mol. The zero-order valence-corrected chi connectivity index (χ0v) is 10.2. The van der Waals surface area contributed by atoms with Crippen molar-refractivity contribution in [1.82, 2.24) is 9.97 Å². The average molecular weight is 229 g/mol. The molecule has 0 unspecified atom stereocenters. The lowest BCUT2D eigenvalue weighted by atomic mass is 10.0. The van der Waals surface area contributed by atoms with Crippen LogP contribution in [-0.2, 0) is 0 Å². The summed E-state index contributed by atoms with van der Waals surface area (Å²) in [4.78, 5) is 8.12. The lowest BCUT2D eigenvalue weighted by Crippen LogP contribution is -1.97. The third-order valence-electron chi connectivity index (χ3n) is 2.59. The van der Waals surface area contributed by atoms with Gasteiger partial charge in [0.2, 0.25) is 0 Å². The fourth-order valence-corrected chi connectivity index (χ4v) is 1.94. The summed E-state index contributed by atoms with van der Waals surface area (Å²) in [6.07, 6.45) is 1.46. The highest BCUT2D eigenvalue weighted by molar-refractivity contribution is 5.71. The second kappa shape index (κ2) is 4.41. The van der Waals surface area contributed by atoms with Gasteiger partial charge >= 0.3 is 0 Å². The lowest BCUT2D eigenvalue weighted by molar-refractivity contribution is 0.413. The number of nitrogen functional groups attached to an aromatic ring is 1. The van der Waals surface area contributed by atoms with Crippen LogP contribution < -0.4 is 10.5 Å². The van der Waals surface area contributed by atoms with Gasteiger partial charge in [0.25, 0.3) is 0 Å². The standard InChI is InChI=1S/C13H15N3O/c1-8-4-9(2)13(17-3)10(5-8)11-6-12(14)16-7-15-11/h4-7H,1-3H3,(H2,14,15,16). The van der Waals surface area contributed by atoms with E-state index >= 15 is 0 Å². The second-order valence-electron chi connectivity index (χ2n) is 3.99. The van der Waals surface area contributed by atoms with E-state index in [0.717, 1.165) is 28.1 Å². The number of benzene rings is 1. The van der Waals surface area contributed by atoms with Gasteiger partial charge in [-0.2, -0.15) is 0 Å². The summed E-state index contributed by atoms with van der Waals surface area (Å²) in [6, 6.07) is 5.86. The highest BCUT2D eigenvalue weighted by Crippen LogP contribution is 2.33. The van der Waals surface area contributed by atoms with Gasteiger partial charge in [-0.3, -0.25) is 0 Å². The molecule has 2 aromatic rings. The lowest BCUT2D eigenvalue weighted by Gasteiger charge is -2.12. The van der Waals surface area contributed by atoms with Crippen LogP contribution in [0.3, 0.4) is 0 Å². The molecule has 1 heterocycles. The van der Waals surface area contributed by atoms with Crippen LogP contribution in [0.4, 0.5) is 5.82 Å². The number of aryl methyl sites for hydroxylation is 2. The number of aromatic nitrogens is 2. The fraction of sp³-hybridized carbons (Fsp3) is 0.231. The maximum Gasteiger partial charge on any atom is 0.131 e. The molecule has 2 N–H and O–H groups in total. The Hall–Kier alpha value is -2.10. The number of rotatable bonds is 2. The molecule has 0 saturated heterocycles. The Kier molecular flexibility index (Phi) is 2.95. The van der Waals surface area contributed by atoms with E-state index in [0.29, 0.717) is 5.82 Å². The van der Waals surface area contributed by atoms with Crippen molar-refractivity contribution < 1.29 is 4.74 Å². The van der Waals surface area contributed by atoms with Crippen molar-refractivity contribution in [1.29, 1.82) is 0 Å². The van der Waals surface area contributed by atoms with Crippen LogP contribution in [-0.4, -0.2) is 17.1 Å². The van der Waals surface area contributed by atoms with E-state index in [1.54, 1.807) is 13.2 Å². The van der Waals surface area contributed by atoms with E-state index in [1.165, 1.54) is 6.33 Å².